The summed E-state index contributed by atoms with van der Waals surface area (Å²) in [5.41, 5.74) is 2.23. The summed E-state index contributed by atoms with van der Waals surface area (Å²) in [7, 11) is 0. The molecule has 0 aliphatic heterocycles. The third-order valence-electron chi connectivity index (χ3n) is 3.66. The van der Waals surface area contributed by atoms with Crippen LogP contribution in [0.2, 0.25) is 0 Å². The Morgan fingerprint density at radius 1 is 0.920 bits per heavy atom. The number of fused-ring (bicyclic) bond motifs is 1. The van der Waals surface area contributed by atoms with Crippen LogP contribution in [0.1, 0.15) is 17.3 Å². The van der Waals surface area contributed by atoms with Gasteiger partial charge >= 0.3 is 5.97 Å². The van der Waals surface area contributed by atoms with Crippen LogP contribution in [0, 0.1) is 0 Å². The molecule has 126 valence electrons. The van der Waals surface area contributed by atoms with Crippen molar-refractivity contribution >= 4 is 45.4 Å². The fraction of sp³-hybridized carbons (Fsp3) is 0.100. The average molecular weight is 350 g/mol. The van der Waals surface area contributed by atoms with Crippen LogP contribution in [-0.2, 0) is 4.74 Å². The van der Waals surface area contributed by atoms with E-state index in [-0.39, 0.29) is 5.97 Å². The van der Waals surface area contributed by atoms with Crippen molar-refractivity contribution in [3.63, 3.8) is 0 Å². The number of ether oxygens (including phenoxy) is 1. The van der Waals surface area contributed by atoms with Gasteiger partial charge in [-0.3, -0.25) is 0 Å². The van der Waals surface area contributed by atoms with E-state index in [4.69, 9.17) is 17.0 Å². The highest BCUT2D eigenvalue weighted by molar-refractivity contribution is 7.80. The lowest BCUT2D eigenvalue weighted by Crippen LogP contribution is -2.19. The van der Waals surface area contributed by atoms with Gasteiger partial charge in [0.2, 0.25) is 0 Å². The molecule has 0 bridgehead atoms. The van der Waals surface area contributed by atoms with Crippen LogP contribution in [0.3, 0.4) is 0 Å². The molecule has 0 unspecified atom stereocenters. The number of hydrogen-bond acceptors (Lipinski definition) is 3. The molecule has 0 saturated heterocycles. The molecule has 5 heteroatoms. The highest BCUT2D eigenvalue weighted by Crippen LogP contribution is 2.19. The van der Waals surface area contributed by atoms with Crippen LogP contribution in [0.15, 0.2) is 66.7 Å². The van der Waals surface area contributed by atoms with Gasteiger partial charge in [-0.25, -0.2) is 4.79 Å². The van der Waals surface area contributed by atoms with Crippen molar-refractivity contribution in [1.82, 2.24) is 0 Å². The van der Waals surface area contributed by atoms with Crippen LogP contribution in [0.5, 0.6) is 0 Å². The number of esters is 1. The number of hydrogen-bond donors (Lipinski definition) is 2. The number of thiocarbonyl (C=S) groups is 1. The first kappa shape index (κ1) is 16.9. The van der Waals surface area contributed by atoms with Gasteiger partial charge < -0.3 is 15.4 Å². The molecule has 2 N–H and O–H groups in total. The van der Waals surface area contributed by atoms with Gasteiger partial charge in [0, 0.05) is 11.4 Å². The molecule has 3 aromatic carbocycles. The van der Waals surface area contributed by atoms with Gasteiger partial charge in [0.05, 0.1) is 12.2 Å². The Morgan fingerprint density at radius 2 is 1.56 bits per heavy atom. The van der Waals surface area contributed by atoms with E-state index in [0.717, 1.165) is 16.8 Å². The second kappa shape index (κ2) is 7.77. The lowest BCUT2D eigenvalue weighted by atomic mass is 10.1. The standard InChI is InChI=1S/C20H18N2O2S/c1-2-24-19(23)15-8-10-17(11-9-15)21-20(25)22-18-12-7-14-5-3-4-6-16(14)13-18/h3-13H,2H2,1H3,(H2,21,22,25). The zero-order chi connectivity index (χ0) is 17.6. The number of carbonyl (C=O) groups is 1. The molecular formula is C20H18N2O2S. The number of rotatable bonds is 4. The third-order valence-corrected chi connectivity index (χ3v) is 3.87. The second-order valence-electron chi connectivity index (χ2n) is 5.44. The Morgan fingerprint density at radius 3 is 2.28 bits per heavy atom. The molecule has 0 heterocycles. The molecule has 0 spiro atoms. The second-order valence-corrected chi connectivity index (χ2v) is 5.85. The Kier molecular flexibility index (Phi) is 5.26. The quantitative estimate of drug-likeness (QED) is 0.522. The van der Waals surface area contributed by atoms with Crippen molar-refractivity contribution in [3.05, 3.63) is 72.3 Å². The summed E-state index contributed by atoms with van der Waals surface area (Å²) in [4.78, 5) is 11.6. The van der Waals surface area contributed by atoms with Crippen molar-refractivity contribution in [1.29, 1.82) is 0 Å². The molecule has 0 aliphatic rings. The van der Waals surface area contributed by atoms with Gasteiger partial charge in [0.1, 0.15) is 0 Å². The maximum absolute atomic E-state index is 11.6. The van der Waals surface area contributed by atoms with Crippen LogP contribution in [0.25, 0.3) is 10.8 Å². The van der Waals surface area contributed by atoms with Crippen LogP contribution in [-0.4, -0.2) is 17.7 Å². The molecule has 0 atom stereocenters. The van der Waals surface area contributed by atoms with Crippen LogP contribution >= 0.6 is 12.2 Å². The van der Waals surface area contributed by atoms with Gasteiger partial charge in [0.25, 0.3) is 0 Å². The van der Waals surface area contributed by atoms with E-state index >= 15 is 0 Å². The Bertz CT molecular complexity index is 907. The van der Waals surface area contributed by atoms with Gasteiger partial charge in [-0.05, 0) is 66.3 Å². The molecule has 0 radical (unpaired) electrons. The normalized spacial score (nSPS) is 10.3. The van der Waals surface area contributed by atoms with Crippen molar-refractivity contribution in [2.45, 2.75) is 6.92 Å². The molecule has 3 aromatic rings. The fourth-order valence-corrected chi connectivity index (χ4v) is 2.70. The zero-order valence-electron chi connectivity index (χ0n) is 13.8. The summed E-state index contributed by atoms with van der Waals surface area (Å²) in [5.74, 6) is -0.328. The monoisotopic (exact) mass is 350 g/mol. The van der Waals surface area contributed by atoms with Gasteiger partial charge in [0.15, 0.2) is 5.11 Å². The summed E-state index contributed by atoms with van der Waals surface area (Å²) >= 11 is 5.35. The van der Waals surface area contributed by atoms with E-state index < -0.39 is 0 Å². The number of nitrogens with one attached hydrogen (secondary N) is 2. The highest BCUT2D eigenvalue weighted by Gasteiger charge is 2.06. The lowest BCUT2D eigenvalue weighted by Gasteiger charge is -2.11. The van der Waals surface area contributed by atoms with E-state index in [1.165, 1.54) is 5.39 Å². The summed E-state index contributed by atoms with van der Waals surface area (Å²) in [6, 6.07) is 21.2. The van der Waals surface area contributed by atoms with E-state index in [0.29, 0.717) is 17.3 Å². The molecule has 3 rings (SSSR count). The van der Waals surface area contributed by atoms with Crippen molar-refractivity contribution in [3.8, 4) is 0 Å². The number of anilines is 2. The first-order chi connectivity index (χ1) is 12.2. The average Bonchev–Trinajstić information content (AvgIpc) is 2.62. The van der Waals surface area contributed by atoms with Gasteiger partial charge in [-0.1, -0.05) is 30.3 Å². The smallest absolute Gasteiger partial charge is 0.338 e. The molecule has 4 nitrogen and oxygen atoms in total. The third kappa shape index (κ3) is 4.33. The highest BCUT2D eigenvalue weighted by atomic mass is 32.1. The SMILES string of the molecule is CCOC(=O)c1ccc(NC(=S)Nc2ccc3ccccc3c2)cc1. The Labute approximate surface area is 151 Å². The van der Waals surface area contributed by atoms with Gasteiger partial charge in [-0.2, -0.15) is 0 Å². The molecule has 25 heavy (non-hydrogen) atoms. The van der Waals surface area contributed by atoms with Gasteiger partial charge in [-0.15, -0.1) is 0 Å². The number of carbonyl (C=O) groups excluding carboxylic acids is 1. The molecule has 0 aromatic heterocycles. The predicted molar refractivity (Wildman–Crippen MR) is 106 cm³/mol. The summed E-state index contributed by atoms with van der Waals surface area (Å²) in [6.07, 6.45) is 0. The topological polar surface area (TPSA) is 50.4 Å². The van der Waals surface area contributed by atoms with Crippen molar-refractivity contribution in [2.24, 2.45) is 0 Å². The Hall–Kier alpha value is -2.92. The fourth-order valence-electron chi connectivity index (χ4n) is 2.46. The van der Waals surface area contributed by atoms with Crippen molar-refractivity contribution < 1.29 is 9.53 Å². The van der Waals surface area contributed by atoms with Crippen LogP contribution < -0.4 is 10.6 Å². The first-order valence-electron chi connectivity index (χ1n) is 7.99. The molecular weight excluding hydrogens is 332 g/mol. The molecule has 0 aliphatic carbocycles. The molecule has 0 amide bonds. The summed E-state index contributed by atoms with van der Waals surface area (Å²) in [6.45, 7) is 2.14. The summed E-state index contributed by atoms with van der Waals surface area (Å²) in [5, 5.41) is 9.09. The number of benzene rings is 3. The lowest BCUT2D eigenvalue weighted by molar-refractivity contribution is 0.0526. The van der Waals surface area contributed by atoms with E-state index in [1.807, 2.05) is 24.3 Å². The largest absolute Gasteiger partial charge is 0.462 e. The predicted octanol–water partition coefficient (Wildman–Crippen LogP) is 4.83. The first-order valence-corrected chi connectivity index (χ1v) is 8.40. The molecule has 0 saturated carbocycles. The zero-order valence-corrected chi connectivity index (χ0v) is 14.6. The maximum Gasteiger partial charge on any atom is 0.338 e. The maximum atomic E-state index is 11.6. The van der Waals surface area contributed by atoms with E-state index in [2.05, 4.69) is 28.8 Å². The molecule has 0 fully saturated rings. The van der Waals surface area contributed by atoms with Crippen LogP contribution in [0.4, 0.5) is 11.4 Å². The van der Waals surface area contributed by atoms with E-state index in [1.54, 1.807) is 31.2 Å². The minimum Gasteiger partial charge on any atom is -0.462 e. The van der Waals surface area contributed by atoms with E-state index in [9.17, 15) is 4.79 Å². The summed E-state index contributed by atoms with van der Waals surface area (Å²) < 4.78 is 4.97. The van der Waals surface area contributed by atoms with Crippen molar-refractivity contribution in [2.75, 3.05) is 17.2 Å². The minimum atomic E-state index is -0.328. The Balaban J connectivity index is 1.64. The minimum absolute atomic E-state index is 0.328.